The van der Waals surface area contributed by atoms with E-state index in [1.165, 1.54) is 0 Å². The molecule has 0 aromatic rings. The minimum absolute atomic E-state index is 0. The molecule has 0 heterocycles. The largest absolute Gasteiger partial charge is 0.530 e. The molecule has 0 aliphatic rings. The molecule has 0 saturated carbocycles. The molecule has 0 spiro atoms. The molecule has 0 aromatic heterocycles. The molecule has 0 radical (unpaired) electrons. The zero-order valence-electron chi connectivity index (χ0n) is 6.69. The number of hydrogen-bond donors (Lipinski definition) is 0. The van der Waals surface area contributed by atoms with Crippen LogP contribution in [0.15, 0.2) is 5.76 Å². The van der Waals surface area contributed by atoms with Gasteiger partial charge in [-0.1, -0.05) is 5.76 Å². The molecule has 0 bridgehead atoms. The molecule has 1 nitrogen and oxygen atoms in total. The van der Waals surface area contributed by atoms with Crippen LogP contribution in [0.5, 0.6) is 0 Å². The van der Waals surface area contributed by atoms with E-state index in [0.717, 1.165) is 0 Å². The summed E-state index contributed by atoms with van der Waals surface area (Å²) in [7, 11) is 0. The fourth-order valence-electron chi connectivity index (χ4n) is 0.483. The van der Waals surface area contributed by atoms with E-state index >= 15 is 0 Å². The average molecular weight is 380 g/mol. The monoisotopic (exact) mass is 380 g/mol. The molecular formula is C7H13ORf-. The smallest absolute Gasteiger partial charge is 0.0958 e. The molecule has 0 rings (SSSR count). The Kier molecular flexibility index (Phi) is 3.21. The topological polar surface area (TPSA) is 9.23 Å². The van der Waals surface area contributed by atoms with Gasteiger partial charge in [0.25, 0.3) is 0 Å². The van der Waals surface area contributed by atoms with Crippen LogP contribution >= 0.6 is 0 Å². The van der Waals surface area contributed by atoms with Crippen LogP contribution in [0.1, 0.15) is 27.7 Å². The summed E-state index contributed by atoms with van der Waals surface area (Å²) in [5.74, 6) is 0.525. The summed E-state index contributed by atoms with van der Waals surface area (Å²) in [5.41, 5.74) is -0.140. The van der Waals surface area contributed by atoms with E-state index in [0.29, 0.717) is 5.76 Å². The number of rotatable bonds is 1. The fourth-order valence-corrected chi connectivity index (χ4v) is 0.483. The van der Waals surface area contributed by atoms with Gasteiger partial charge in [0.2, 0.25) is 0 Å². The van der Waals surface area contributed by atoms with Gasteiger partial charge in [0, 0.05) is 0 Å². The summed E-state index contributed by atoms with van der Waals surface area (Å²) in [6, 6.07) is 0. The van der Waals surface area contributed by atoms with Crippen LogP contribution < -0.4 is 0 Å². The summed E-state index contributed by atoms with van der Waals surface area (Å²) in [6.07, 6.45) is 0. The van der Waals surface area contributed by atoms with Crippen molar-refractivity contribution in [1.29, 1.82) is 0 Å². The fraction of sp³-hybridized carbons (Fsp3) is 0.714. The number of ether oxygens (including phenoxy) is 1. The molecule has 0 aliphatic heterocycles. The van der Waals surface area contributed by atoms with Gasteiger partial charge in [-0.25, -0.2) is 0 Å². The first kappa shape index (κ1) is 10.5. The SMILES string of the molecule is [CH-]=C(C)OC(C)(C)C.[Rf]. The predicted molar refractivity (Wildman–Crippen MR) is 34.3 cm³/mol. The first-order valence-corrected chi connectivity index (χ1v) is 2.70. The summed E-state index contributed by atoms with van der Waals surface area (Å²) < 4.78 is 5.13. The molecule has 0 amide bonds. The van der Waals surface area contributed by atoms with Gasteiger partial charge < -0.3 is 11.3 Å². The van der Waals surface area contributed by atoms with E-state index < -0.39 is 0 Å². The van der Waals surface area contributed by atoms with Crippen LogP contribution in [0.3, 0.4) is 0 Å². The molecule has 50 valence electrons. The molecule has 0 unspecified atom stereocenters. The molecule has 0 saturated heterocycles. The van der Waals surface area contributed by atoms with Gasteiger partial charge in [0.05, 0.1) is 5.60 Å². The van der Waals surface area contributed by atoms with Gasteiger partial charge in [-0.2, -0.15) is 0 Å². The van der Waals surface area contributed by atoms with Gasteiger partial charge in [0.15, 0.2) is 0 Å². The standard InChI is InChI=1S/C7H13O.Rf/c1-6(2)8-7(3,4)5;/h1H,2-5H3;/q-1;. The minimum Gasteiger partial charge on any atom is -0.530 e. The van der Waals surface area contributed by atoms with Crippen molar-refractivity contribution in [3.63, 3.8) is 0 Å². The van der Waals surface area contributed by atoms with Crippen LogP contribution in [0, 0.1) is 6.58 Å². The van der Waals surface area contributed by atoms with Crippen molar-refractivity contribution in [1.82, 2.24) is 0 Å². The Hall–Kier alpha value is -1.46. The van der Waals surface area contributed by atoms with Gasteiger partial charge >= 0.3 is 0 Å². The average Bonchev–Trinajstić information content (AvgIpc) is 1.21. The maximum Gasteiger partial charge on any atom is 0.0958 e. The van der Waals surface area contributed by atoms with Crippen molar-refractivity contribution < 1.29 is 4.74 Å². The van der Waals surface area contributed by atoms with Crippen molar-refractivity contribution in [2.24, 2.45) is 0 Å². The van der Waals surface area contributed by atoms with Gasteiger partial charge in [-0.15, -0.1) is 0 Å². The van der Waals surface area contributed by atoms with Crippen LogP contribution in [0.4, 0.5) is 0 Å². The molecule has 0 fully saturated rings. The van der Waals surface area contributed by atoms with E-state index in [4.69, 9.17) is 11.3 Å². The molecule has 2 heteroatoms. The van der Waals surface area contributed by atoms with E-state index in [9.17, 15) is 0 Å². The number of hydrogen-bond acceptors (Lipinski definition) is 1. The predicted octanol–water partition coefficient (Wildman–Crippen LogP) is 2.14. The first-order valence-electron chi connectivity index (χ1n) is 2.70. The maximum atomic E-state index is 5.27. The van der Waals surface area contributed by atoms with Crippen molar-refractivity contribution in [3.8, 4) is 0 Å². The second-order valence-corrected chi connectivity index (χ2v) is 2.83. The van der Waals surface area contributed by atoms with Gasteiger partial charge in [-0.05, 0) is 27.7 Å². The Bertz CT molecular complexity index is 91.6. The van der Waals surface area contributed by atoms with Crippen molar-refractivity contribution in [3.05, 3.63) is 12.3 Å². The van der Waals surface area contributed by atoms with E-state index in [-0.39, 0.29) is 5.60 Å². The molecular weight excluding hydrogens is 367 g/mol. The molecule has 9 heavy (non-hydrogen) atoms. The maximum absolute atomic E-state index is 5.27. The van der Waals surface area contributed by atoms with Crippen LogP contribution in [-0.2, 0) is 4.74 Å². The Morgan fingerprint density at radius 3 is 1.67 bits per heavy atom. The van der Waals surface area contributed by atoms with Crippen molar-refractivity contribution >= 4 is 0 Å². The zero-order valence-corrected chi connectivity index (χ0v) is 13.1. The summed E-state index contributed by atoms with van der Waals surface area (Å²) in [6.45, 7) is 12.9. The third-order valence-electron chi connectivity index (χ3n) is 0.467. The van der Waals surface area contributed by atoms with Crippen LogP contribution in [0.25, 0.3) is 0 Å². The Labute approximate surface area is 51.4 Å². The van der Waals surface area contributed by atoms with E-state index in [1.807, 2.05) is 20.8 Å². The summed E-state index contributed by atoms with van der Waals surface area (Å²) in [5, 5.41) is 0. The van der Waals surface area contributed by atoms with E-state index in [2.05, 4.69) is 0 Å². The van der Waals surface area contributed by atoms with Gasteiger partial charge in [-0.3, -0.25) is 0 Å². The summed E-state index contributed by atoms with van der Waals surface area (Å²) in [4.78, 5) is 0. The Balaban J connectivity index is 0. The second kappa shape index (κ2) is 2.75. The summed E-state index contributed by atoms with van der Waals surface area (Å²) >= 11 is 0. The Morgan fingerprint density at radius 2 is 1.67 bits per heavy atom. The quantitative estimate of drug-likeness (QED) is 0.501. The third-order valence-corrected chi connectivity index (χ3v) is 0.467. The third kappa shape index (κ3) is 10.8. The minimum atomic E-state index is -0.140. The molecule has 0 atom stereocenters. The van der Waals surface area contributed by atoms with Crippen molar-refractivity contribution in [2.75, 3.05) is 0 Å². The molecule has 0 aromatic carbocycles. The zero-order chi connectivity index (χ0) is 6.78. The Morgan fingerprint density at radius 1 is 1.33 bits per heavy atom. The van der Waals surface area contributed by atoms with Crippen LogP contribution in [-0.4, -0.2) is 5.60 Å². The number of allylic oxidation sites excluding steroid dienone is 1. The molecule has 0 N–H and O–H groups in total. The van der Waals surface area contributed by atoms with E-state index in [1.54, 1.807) is 6.92 Å². The van der Waals surface area contributed by atoms with Crippen molar-refractivity contribution in [2.45, 2.75) is 33.3 Å². The molecule has 0 aliphatic carbocycles. The normalized spacial score (nSPS) is 9.78. The van der Waals surface area contributed by atoms with Crippen LogP contribution in [0.2, 0.25) is 0 Å². The second-order valence-electron chi connectivity index (χ2n) is 2.83. The first-order chi connectivity index (χ1) is 3.42. The van der Waals surface area contributed by atoms with Gasteiger partial charge in [0.1, 0.15) is 0 Å².